The zero-order valence-corrected chi connectivity index (χ0v) is 11.6. The minimum Gasteiger partial charge on any atom is -0.399 e. The van der Waals surface area contributed by atoms with Gasteiger partial charge in [-0.1, -0.05) is 25.4 Å². The molecule has 0 aliphatic heterocycles. The topological polar surface area (TPSA) is 52.3 Å². The standard InChI is InChI=1S/C12H16ClNO2S/c1-7(2)8(3)17-16-12(15)10-5-4-9(14)6-11(10)13/h4-8H,14H2,1-3H3. The summed E-state index contributed by atoms with van der Waals surface area (Å²) in [6, 6.07) is 4.73. The molecule has 94 valence electrons. The molecule has 0 aliphatic rings. The van der Waals surface area contributed by atoms with E-state index in [4.69, 9.17) is 21.5 Å². The first-order chi connectivity index (χ1) is 7.91. The molecule has 0 fully saturated rings. The van der Waals surface area contributed by atoms with Gasteiger partial charge in [-0.2, -0.15) is 0 Å². The summed E-state index contributed by atoms with van der Waals surface area (Å²) >= 11 is 7.07. The average Bonchev–Trinajstić information content (AvgIpc) is 2.25. The van der Waals surface area contributed by atoms with Gasteiger partial charge in [0.05, 0.1) is 22.6 Å². The summed E-state index contributed by atoms with van der Waals surface area (Å²) in [6.45, 7) is 6.15. The smallest absolute Gasteiger partial charge is 0.351 e. The number of halogens is 1. The number of hydrogen-bond donors (Lipinski definition) is 1. The van der Waals surface area contributed by atoms with Crippen LogP contribution in [-0.2, 0) is 4.18 Å². The van der Waals surface area contributed by atoms with Gasteiger partial charge in [0.2, 0.25) is 0 Å². The monoisotopic (exact) mass is 273 g/mol. The van der Waals surface area contributed by atoms with Crippen LogP contribution in [-0.4, -0.2) is 11.2 Å². The number of anilines is 1. The van der Waals surface area contributed by atoms with E-state index in [1.54, 1.807) is 12.1 Å². The molecule has 1 aromatic carbocycles. The van der Waals surface area contributed by atoms with Crippen molar-refractivity contribution in [3.05, 3.63) is 28.8 Å². The van der Waals surface area contributed by atoms with Crippen LogP contribution in [0, 0.1) is 5.92 Å². The van der Waals surface area contributed by atoms with Crippen LogP contribution in [0.25, 0.3) is 0 Å². The van der Waals surface area contributed by atoms with Crippen molar-refractivity contribution in [1.29, 1.82) is 0 Å². The van der Waals surface area contributed by atoms with E-state index < -0.39 is 5.97 Å². The summed E-state index contributed by atoms with van der Waals surface area (Å²) in [7, 11) is 0. The maximum atomic E-state index is 11.7. The summed E-state index contributed by atoms with van der Waals surface area (Å²) in [5.41, 5.74) is 6.41. The number of nitrogens with two attached hydrogens (primary N) is 1. The molecule has 0 aliphatic carbocycles. The molecule has 0 spiro atoms. The summed E-state index contributed by atoms with van der Waals surface area (Å²) in [4.78, 5) is 11.7. The predicted molar refractivity (Wildman–Crippen MR) is 73.2 cm³/mol. The van der Waals surface area contributed by atoms with Crippen LogP contribution in [0.4, 0.5) is 5.69 Å². The Labute approximate surface area is 111 Å². The van der Waals surface area contributed by atoms with Crippen LogP contribution < -0.4 is 5.73 Å². The normalized spacial score (nSPS) is 12.5. The van der Waals surface area contributed by atoms with Gasteiger partial charge < -0.3 is 9.92 Å². The van der Waals surface area contributed by atoms with Gasteiger partial charge in [-0.25, -0.2) is 4.79 Å². The number of rotatable bonds is 4. The highest BCUT2D eigenvalue weighted by atomic mass is 35.5. The molecule has 1 atom stereocenters. The highest BCUT2D eigenvalue weighted by molar-refractivity contribution is 7.95. The molecule has 5 heteroatoms. The molecule has 0 heterocycles. The number of carbonyl (C=O) groups excluding carboxylic acids is 1. The van der Waals surface area contributed by atoms with Gasteiger partial charge in [0.25, 0.3) is 0 Å². The molecule has 17 heavy (non-hydrogen) atoms. The first-order valence-electron chi connectivity index (χ1n) is 5.34. The summed E-state index contributed by atoms with van der Waals surface area (Å²) in [5, 5.41) is 0.555. The van der Waals surface area contributed by atoms with E-state index in [0.717, 1.165) is 12.0 Å². The summed E-state index contributed by atoms with van der Waals surface area (Å²) in [5.74, 6) is 0.00203. The van der Waals surface area contributed by atoms with Gasteiger partial charge in [-0.05, 0) is 31.0 Å². The molecule has 1 aromatic rings. The van der Waals surface area contributed by atoms with E-state index in [0.29, 0.717) is 22.2 Å². The SMILES string of the molecule is CC(C)C(C)SOC(=O)c1ccc(N)cc1Cl. The van der Waals surface area contributed by atoms with E-state index in [-0.39, 0.29) is 5.25 Å². The average molecular weight is 274 g/mol. The molecule has 0 saturated carbocycles. The fourth-order valence-electron chi connectivity index (χ4n) is 0.972. The third kappa shape index (κ3) is 4.13. The van der Waals surface area contributed by atoms with Gasteiger partial charge in [-0.3, -0.25) is 0 Å². The molecule has 1 unspecified atom stereocenters. The molecular weight excluding hydrogens is 258 g/mol. The second-order valence-corrected chi connectivity index (χ2v) is 5.67. The van der Waals surface area contributed by atoms with Crippen molar-refractivity contribution >= 4 is 35.3 Å². The Morgan fingerprint density at radius 3 is 2.59 bits per heavy atom. The Bertz CT molecular complexity index is 409. The number of nitrogen functional groups attached to an aromatic ring is 1. The van der Waals surface area contributed by atoms with Crippen molar-refractivity contribution in [3.63, 3.8) is 0 Å². The zero-order valence-electron chi connectivity index (χ0n) is 10.1. The van der Waals surface area contributed by atoms with Crippen molar-refractivity contribution in [3.8, 4) is 0 Å². The largest absolute Gasteiger partial charge is 0.399 e. The molecule has 0 saturated heterocycles. The first kappa shape index (κ1) is 14.2. The summed E-state index contributed by atoms with van der Waals surface area (Å²) < 4.78 is 5.12. The fourth-order valence-corrected chi connectivity index (χ4v) is 1.79. The van der Waals surface area contributed by atoms with Crippen LogP contribution in [0.3, 0.4) is 0 Å². The van der Waals surface area contributed by atoms with E-state index in [9.17, 15) is 4.79 Å². The van der Waals surface area contributed by atoms with Crippen molar-refractivity contribution in [2.75, 3.05) is 5.73 Å². The fraction of sp³-hybridized carbons (Fsp3) is 0.417. The van der Waals surface area contributed by atoms with Crippen LogP contribution >= 0.6 is 23.6 Å². The molecule has 0 bridgehead atoms. The Balaban J connectivity index is 2.64. The molecule has 3 nitrogen and oxygen atoms in total. The summed E-state index contributed by atoms with van der Waals surface area (Å²) in [6.07, 6.45) is 0. The third-order valence-corrected chi connectivity index (χ3v) is 3.84. The van der Waals surface area contributed by atoms with Crippen LogP contribution in [0.2, 0.25) is 5.02 Å². The van der Waals surface area contributed by atoms with Gasteiger partial charge in [-0.15, -0.1) is 0 Å². The van der Waals surface area contributed by atoms with Crippen molar-refractivity contribution in [2.24, 2.45) is 5.92 Å². The van der Waals surface area contributed by atoms with Crippen LogP contribution in [0.1, 0.15) is 31.1 Å². The predicted octanol–water partition coefficient (Wildman–Crippen LogP) is 3.77. The second kappa shape index (κ2) is 6.17. The highest BCUT2D eigenvalue weighted by Gasteiger charge is 2.16. The van der Waals surface area contributed by atoms with Crippen LogP contribution in [0.15, 0.2) is 18.2 Å². The lowest BCUT2D eigenvalue weighted by Crippen LogP contribution is -2.09. The maximum Gasteiger partial charge on any atom is 0.351 e. The number of hydrogen-bond acceptors (Lipinski definition) is 4. The Morgan fingerprint density at radius 2 is 2.06 bits per heavy atom. The zero-order chi connectivity index (χ0) is 13.0. The van der Waals surface area contributed by atoms with E-state index >= 15 is 0 Å². The third-order valence-electron chi connectivity index (χ3n) is 2.43. The van der Waals surface area contributed by atoms with Gasteiger partial charge >= 0.3 is 5.97 Å². The van der Waals surface area contributed by atoms with Crippen LogP contribution in [0.5, 0.6) is 0 Å². The van der Waals surface area contributed by atoms with Crippen molar-refractivity contribution in [2.45, 2.75) is 26.0 Å². The van der Waals surface area contributed by atoms with E-state index in [1.165, 1.54) is 6.07 Å². The lowest BCUT2D eigenvalue weighted by molar-refractivity contribution is 0.0766. The highest BCUT2D eigenvalue weighted by Crippen LogP contribution is 2.25. The van der Waals surface area contributed by atoms with Gasteiger partial charge in [0.1, 0.15) is 0 Å². The lowest BCUT2D eigenvalue weighted by atomic mass is 10.2. The molecule has 0 amide bonds. The lowest BCUT2D eigenvalue weighted by Gasteiger charge is -2.13. The Hall–Kier alpha value is -0.870. The van der Waals surface area contributed by atoms with Crippen molar-refractivity contribution in [1.82, 2.24) is 0 Å². The van der Waals surface area contributed by atoms with E-state index in [1.807, 2.05) is 6.92 Å². The first-order valence-corrected chi connectivity index (χ1v) is 6.52. The quantitative estimate of drug-likeness (QED) is 0.670. The molecule has 0 radical (unpaired) electrons. The second-order valence-electron chi connectivity index (χ2n) is 4.16. The van der Waals surface area contributed by atoms with Gasteiger partial charge in [0.15, 0.2) is 0 Å². The van der Waals surface area contributed by atoms with E-state index in [2.05, 4.69) is 13.8 Å². The molecule has 1 rings (SSSR count). The minimum atomic E-state index is -0.437. The maximum absolute atomic E-state index is 11.7. The number of benzene rings is 1. The van der Waals surface area contributed by atoms with Crippen molar-refractivity contribution < 1.29 is 8.98 Å². The molecule has 2 N–H and O–H groups in total. The minimum absolute atomic E-state index is 0.242. The Kier molecular flexibility index (Phi) is 5.15. The van der Waals surface area contributed by atoms with Gasteiger partial charge in [0, 0.05) is 10.9 Å². The Morgan fingerprint density at radius 1 is 1.41 bits per heavy atom. The number of carbonyl (C=O) groups is 1. The molecular formula is C12H16ClNO2S. The molecule has 0 aromatic heterocycles.